The van der Waals surface area contributed by atoms with Gasteiger partial charge in [0.2, 0.25) is 0 Å². The van der Waals surface area contributed by atoms with Crippen LogP contribution < -0.4 is 0 Å². The monoisotopic (exact) mass is 257 g/mol. The van der Waals surface area contributed by atoms with Gasteiger partial charge in [0.25, 0.3) is 0 Å². The van der Waals surface area contributed by atoms with E-state index in [0.29, 0.717) is 12.5 Å². The number of hydrogen-bond acceptors (Lipinski definition) is 3. The van der Waals surface area contributed by atoms with E-state index in [1.165, 1.54) is 7.11 Å². The summed E-state index contributed by atoms with van der Waals surface area (Å²) >= 11 is 0. The largest absolute Gasteiger partial charge is 0.453 e. The highest BCUT2D eigenvalue weighted by atomic mass is 16.5. The summed E-state index contributed by atoms with van der Waals surface area (Å²) in [6.07, 6.45) is 3.68. The van der Waals surface area contributed by atoms with Gasteiger partial charge >= 0.3 is 6.09 Å². The van der Waals surface area contributed by atoms with Crippen molar-refractivity contribution in [1.29, 1.82) is 0 Å². The van der Waals surface area contributed by atoms with Crippen LogP contribution in [0.4, 0.5) is 4.79 Å². The van der Waals surface area contributed by atoms with Crippen LogP contribution in [-0.4, -0.2) is 42.4 Å². The first-order valence-corrected chi connectivity index (χ1v) is 6.91. The third-order valence-electron chi connectivity index (χ3n) is 4.17. The summed E-state index contributed by atoms with van der Waals surface area (Å²) < 4.78 is 4.89. The van der Waals surface area contributed by atoms with Gasteiger partial charge in [0.1, 0.15) is 0 Å². The molecule has 0 aromatic heterocycles. The van der Waals surface area contributed by atoms with E-state index in [2.05, 4.69) is 20.8 Å². The molecule has 0 spiro atoms. The van der Waals surface area contributed by atoms with Crippen molar-refractivity contribution in [2.75, 3.05) is 20.3 Å². The molecule has 1 saturated heterocycles. The lowest BCUT2D eigenvalue weighted by atomic mass is 9.73. The van der Waals surface area contributed by atoms with Gasteiger partial charge in [-0.25, -0.2) is 4.79 Å². The predicted octanol–water partition coefficient (Wildman–Crippen LogP) is 2.65. The van der Waals surface area contributed by atoms with Crippen LogP contribution in [-0.2, 0) is 4.74 Å². The van der Waals surface area contributed by atoms with Crippen LogP contribution in [0.2, 0.25) is 0 Å². The summed E-state index contributed by atoms with van der Waals surface area (Å²) in [7, 11) is 1.43. The molecule has 0 aromatic carbocycles. The molecule has 1 heterocycles. The van der Waals surface area contributed by atoms with Gasteiger partial charge < -0.3 is 14.7 Å². The standard InChI is InChI=1S/C14H27NO3/c1-5-7-14(2,3)12-9-11(10-16)6-8-15(12)13(17)18-4/h11-12,16H,5-10H2,1-4H3. The minimum Gasteiger partial charge on any atom is -0.453 e. The number of aliphatic hydroxyl groups excluding tert-OH is 1. The van der Waals surface area contributed by atoms with Gasteiger partial charge in [0, 0.05) is 19.2 Å². The Balaban J connectivity index is 2.86. The van der Waals surface area contributed by atoms with Crippen molar-refractivity contribution < 1.29 is 14.6 Å². The minimum atomic E-state index is -0.236. The summed E-state index contributed by atoms with van der Waals surface area (Å²) in [5, 5.41) is 9.35. The number of ether oxygens (including phenoxy) is 1. The first kappa shape index (κ1) is 15.3. The Hall–Kier alpha value is -0.770. The maximum atomic E-state index is 11.9. The molecule has 1 fully saturated rings. The smallest absolute Gasteiger partial charge is 0.409 e. The number of carbonyl (C=O) groups excluding carboxylic acids is 1. The molecular weight excluding hydrogens is 230 g/mol. The van der Waals surface area contributed by atoms with E-state index in [-0.39, 0.29) is 24.2 Å². The molecule has 1 aliphatic rings. The quantitative estimate of drug-likeness (QED) is 0.842. The van der Waals surface area contributed by atoms with E-state index in [1.807, 2.05) is 4.90 Å². The zero-order valence-electron chi connectivity index (χ0n) is 12.1. The molecule has 0 radical (unpaired) electrons. The van der Waals surface area contributed by atoms with Gasteiger partial charge in [-0.3, -0.25) is 0 Å². The maximum Gasteiger partial charge on any atom is 0.409 e. The van der Waals surface area contributed by atoms with Crippen LogP contribution >= 0.6 is 0 Å². The number of aliphatic hydroxyl groups is 1. The number of carbonyl (C=O) groups is 1. The number of hydrogen-bond donors (Lipinski definition) is 1. The highest BCUT2D eigenvalue weighted by Gasteiger charge is 2.40. The Morgan fingerprint density at radius 1 is 1.50 bits per heavy atom. The van der Waals surface area contributed by atoms with Crippen LogP contribution in [0.3, 0.4) is 0 Å². The molecular formula is C14H27NO3. The molecule has 2 unspecified atom stereocenters. The zero-order chi connectivity index (χ0) is 13.8. The minimum absolute atomic E-state index is 0.0662. The van der Waals surface area contributed by atoms with Gasteiger partial charge in [-0.1, -0.05) is 27.2 Å². The topological polar surface area (TPSA) is 49.8 Å². The van der Waals surface area contributed by atoms with E-state index >= 15 is 0 Å². The fourth-order valence-corrected chi connectivity index (χ4v) is 3.09. The van der Waals surface area contributed by atoms with E-state index in [9.17, 15) is 9.90 Å². The van der Waals surface area contributed by atoms with Crippen LogP contribution in [0, 0.1) is 11.3 Å². The lowest BCUT2D eigenvalue weighted by Gasteiger charge is -2.46. The normalized spacial score (nSPS) is 25.1. The second kappa shape index (κ2) is 6.41. The van der Waals surface area contributed by atoms with Gasteiger partial charge in [-0.05, 0) is 30.6 Å². The average molecular weight is 257 g/mol. The summed E-state index contributed by atoms with van der Waals surface area (Å²) in [6.45, 7) is 7.48. The van der Waals surface area contributed by atoms with E-state index < -0.39 is 0 Å². The summed E-state index contributed by atoms with van der Waals surface area (Å²) in [6, 6.07) is 0.163. The molecule has 4 heteroatoms. The number of methoxy groups -OCH3 is 1. The van der Waals surface area contributed by atoms with Crippen LogP contribution in [0.25, 0.3) is 0 Å². The predicted molar refractivity (Wildman–Crippen MR) is 71.4 cm³/mol. The Kier molecular flexibility index (Phi) is 5.45. The molecule has 0 bridgehead atoms. The molecule has 1 rings (SSSR count). The fourth-order valence-electron chi connectivity index (χ4n) is 3.09. The number of likely N-dealkylation sites (tertiary alicyclic amines) is 1. The zero-order valence-corrected chi connectivity index (χ0v) is 12.1. The van der Waals surface area contributed by atoms with Crippen molar-refractivity contribution in [3.05, 3.63) is 0 Å². The van der Waals surface area contributed by atoms with Crippen LogP contribution in [0.5, 0.6) is 0 Å². The Bertz CT molecular complexity index is 278. The van der Waals surface area contributed by atoms with E-state index in [0.717, 1.165) is 25.7 Å². The van der Waals surface area contributed by atoms with Gasteiger partial charge in [0.15, 0.2) is 0 Å². The third kappa shape index (κ3) is 3.37. The third-order valence-corrected chi connectivity index (χ3v) is 4.17. The molecule has 0 aliphatic carbocycles. The van der Waals surface area contributed by atoms with Gasteiger partial charge in [0.05, 0.1) is 7.11 Å². The van der Waals surface area contributed by atoms with Crippen LogP contribution in [0.1, 0.15) is 46.5 Å². The number of nitrogens with zero attached hydrogens (tertiary/aromatic N) is 1. The summed E-state index contributed by atoms with van der Waals surface area (Å²) in [5.41, 5.74) is 0.0662. The first-order chi connectivity index (χ1) is 8.46. The van der Waals surface area contributed by atoms with Crippen molar-refractivity contribution in [1.82, 2.24) is 4.90 Å². The first-order valence-electron chi connectivity index (χ1n) is 6.91. The summed E-state index contributed by atoms with van der Waals surface area (Å²) in [5.74, 6) is 0.312. The van der Waals surface area contributed by atoms with Gasteiger partial charge in [-0.2, -0.15) is 0 Å². The molecule has 1 N–H and O–H groups in total. The maximum absolute atomic E-state index is 11.9. The van der Waals surface area contributed by atoms with Crippen molar-refractivity contribution in [2.45, 2.75) is 52.5 Å². The fraction of sp³-hybridized carbons (Fsp3) is 0.929. The van der Waals surface area contributed by atoms with Gasteiger partial charge in [-0.15, -0.1) is 0 Å². The molecule has 18 heavy (non-hydrogen) atoms. The van der Waals surface area contributed by atoms with Crippen molar-refractivity contribution in [3.8, 4) is 0 Å². The molecule has 1 amide bonds. The van der Waals surface area contributed by atoms with Crippen molar-refractivity contribution in [2.24, 2.45) is 11.3 Å². The number of amides is 1. The molecule has 4 nitrogen and oxygen atoms in total. The molecule has 2 atom stereocenters. The average Bonchev–Trinajstić information content (AvgIpc) is 2.37. The Morgan fingerprint density at radius 2 is 2.17 bits per heavy atom. The number of rotatable bonds is 4. The van der Waals surface area contributed by atoms with E-state index in [1.54, 1.807) is 0 Å². The summed E-state index contributed by atoms with van der Waals surface area (Å²) in [4.78, 5) is 13.7. The highest BCUT2D eigenvalue weighted by Crippen LogP contribution is 2.38. The van der Waals surface area contributed by atoms with E-state index in [4.69, 9.17) is 4.74 Å². The lowest BCUT2D eigenvalue weighted by molar-refractivity contribution is 0.0113. The molecule has 0 saturated carbocycles. The SMILES string of the molecule is CCCC(C)(C)C1CC(CO)CCN1C(=O)OC. The second-order valence-corrected chi connectivity index (χ2v) is 5.99. The van der Waals surface area contributed by atoms with Crippen molar-refractivity contribution in [3.63, 3.8) is 0 Å². The highest BCUT2D eigenvalue weighted by molar-refractivity contribution is 5.68. The number of piperidine rings is 1. The van der Waals surface area contributed by atoms with Crippen LogP contribution in [0.15, 0.2) is 0 Å². The van der Waals surface area contributed by atoms with Crippen molar-refractivity contribution >= 4 is 6.09 Å². The molecule has 1 aliphatic heterocycles. The second-order valence-electron chi connectivity index (χ2n) is 5.99. The lowest BCUT2D eigenvalue weighted by Crippen LogP contribution is -2.53. The Morgan fingerprint density at radius 3 is 2.67 bits per heavy atom. The molecule has 106 valence electrons. The molecule has 0 aromatic rings. The Labute approximate surface area is 110 Å².